The predicted octanol–water partition coefficient (Wildman–Crippen LogP) is 3.68. The minimum atomic E-state index is -3.67. The molecule has 0 spiro atoms. The van der Waals surface area contributed by atoms with E-state index in [4.69, 9.17) is 14.2 Å². The largest absolute Gasteiger partial charge is 0.497 e. The van der Waals surface area contributed by atoms with Crippen molar-refractivity contribution in [2.24, 2.45) is 0 Å². The van der Waals surface area contributed by atoms with Gasteiger partial charge in [0, 0.05) is 5.56 Å². The molecular weight excluding hydrogens is 344 g/mol. The molecule has 0 aliphatic carbocycles. The van der Waals surface area contributed by atoms with Crippen molar-refractivity contribution in [1.82, 2.24) is 5.32 Å². The first-order valence-corrected chi connectivity index (χ1v) is 7.88. The Labute approximate surface area is 150 Å². The van der Waals surface area contributed by atoms with Gasteiger partial charge in [0.05, 0.1) is 27.4 Å². The monoisotopic (exact) mass is 365 g/mol. The van der Waals surface area contributed by atoms with Crippen molar-refractivity contribution in [3.8, 4) is 17.2 Å². The molecule has 7 heteroatoms. The van der Waals surface area contributed by atoms with E-state index in [2.05, 4.69) is 5.32 Å². The molecule has 0 saturated heterocycles. The number of nitrogens with one attached hydrogen (secondary N) is 1. The summed E-state index contributed by atoms with van der Waals surface area (Å²) in [5.41, 5.74) is 0.205. The molecule has 0 heterocycles. The number of carbonyl (C=O) groups is 1. The smallest absolute Gasteiger partial charge is 0.349 e. The first-order valence-electron chi connectivity index (χ1n) is 7.88. The van der Waals surface area contributed by atoms with Gasteiger partial charge in [-0.25, -0.2) is 0 Å². The van der Waals surface area contributed by atoms with Crippen LogP contribution in [0, 0.1) is 0 Å². The van der Waals surface area contributed by atoms with E-state index in [-0.39, 0.29) is 0 Å². The number of hydrogen-bond donors (Lipinski definition) is 1. The number of alkyl halides is 2. The molecule has 26 heavy (non-hydrogen) atoms. The zero-order valence-electron chi connectivity index (χ0n) is 15.0. The van der Waals surface area contributed by atoms with Crippen molar-refractivity contribution in [3.05, 3.63) is 53.6 Å². The number of benzene rings is 2. The first-order chi connectivity index (χ1) is 12.3. The van der Waals surface area contributed by atoms with Gasteiger partial charge in [-0.3, -0.25) is 4.79 Å². The fourth-order valence-corrected chi connectivity index (χ4v) is 2.42. The maximum atomic E-state index is 14.4. The number of ether oxygens (including phenoxy) is 3. The molecule has 2 aromatic carbocycles. The lowest BCUT2D eigenvalue weighted by Gasteiger charge is -2.21. The lowest BCUT2D eigenvalue weighted by atomic mass is 10.0. The summed E-state index contributed by atoms with van der Waals surface area (Å²) in [4.78, 5) is 12.1. The summed E-state index contributed by atoms with van der Waals surface area (Å²) in [7, 11) is 4.41. The topological polar surface area (TPSA) is 56.8 Å². The van der Waals surface area contributed by atoms with Crippen molar-refractivity contribution in [3.63, 3.8) is 0 Å². The fraction of sp³-hybridized carbons (Fsp3) is 0.316. The van der Waals surface area contributed by atoms with Crippen molar-refractivity contribution < 1.29 is 27.8 Å². The average Bonchev–Trinajstić information content (AvgIpc) is 2.67. The Morgan fingerprint density at radius 3 is 2.12 bits per heavy atom. The van der Waals surface area contributed by atoms with Gasteiger partial charge in [-0.05, 0) is 48.9 Å². The number of methoxy groups -OCH3 is 3. The number of rotatable bonds is 7. The van der Waals surface area contributed by atoms with Crippen LogP contribution < -0.4 is 19.5 Å². The average molecular weight is 365 g/mol. The van der Waals surface area contributed by atoms with Gasteiger partial charge >= 0.3 is 5.92 Å². The van der Waals surface area contributed by atoms with E-state index in [0.29, 0.717) is 22.8 Å². The third-order valence-corrected chi connectivity index (χ3v) is 3.99. The number of amides is 1. The Morgan fingerprint density at radius 2 is 1.58 bits per heavy atom. The van der Waals surface area contributed by atoms with E-state index in [1.807, 2.05) is 0 Å². The van der Waals surface area contributed by atoms with Crippen LogP contribution in [0.5, 0.6) is 17.2 Å². The van der Waals surface area contributed by atoms with E-state index < -0.39 is 23.4 Å². The highest BCUT2D eigenvalue weighted by Crippen LogP contribution is 2.32. The SMILES string of the molecule is COc1ccc(C(F)(F)C(=O)NC(C)c2ccc(OC)c(OC)c2)cc1. The highest BCUT2D eigenvalue weighted by molar-refractivity contribution is 5.85. The molecule has 1 amide bonds. The predicted molar refractivity (Wildman–Crippen MR) is 93.0 cm³/mol. The Morgan fingerprint density at radius 1 is 0.962 bits per heavy atom. The maximum absolute atomic E-state index is 14.4. The van der Waals surface area contributed by atoms with Crippen LogP contribution in [0.25, 0.3) is 0 Å². The minimum Gasteiger partial charge on any atom is -0.497 e. The van der Waals surface area contributed by atoms with Gasteiger partial charge in [0.25, 0.3) is 5.91 Å². The molecule has 0 fully saturated rings. The van der Waals surface area contributed by atoms with E-state index in [1.165, 1.54) is 45.6 Å². The first kappa shape index (κ1) is 19.5. The molecule has 0 aliphatic rings. The van der Waals surface area contributed by atoms with Gasteiger partial charge in [0.2, 0.25) is 0 Å². The maximum Gasteiger partial charge on any atom is 0.349 e. The van der Waals surface area contributed by atoms with Crippen LogP contribution in [0.3, 0.4) is 0 Å². The molecule has 2 aromatic rings. The Hall–Kier alpha value is -2.83. The van der Waals surface area contributed by atoms with Crippen LogP contribution in [0.1, 0.15) is 24.1 Å². The number of halogens is 2. The summed E-state index contributed by atoms with van der Waals surface area (Å²) < 4.78 is 44.1. The van der Waals surface area contributed by atoms with Gasteiger partial charge in [-0.1, -0.05) is 6.07 Å². The van der Waals surface area contributed by atoms with Gasteiger partial charge in [-0.2, -0.15) is 8.78 Å². The van der Waals surface area contributed by atoms with E-state index in [1.54, 1.807) is 25.1 Å². The molecule has 1 N–H and O–H groups in total. The highest BCUT2D eigenvalue weighted by atomic mass is 19.3. The van der Waals surface area contributed by atoms with Crippen LogP contribution in [-0.4, -0.2) is 27.2 Å². The van der Waals surface area contributed by atoms with E-state index in [0.717, 1.165) is 0 Å². The molecule has 0 saturated carbocycles. The van der Waals surface area contributed by atoms with Crippen LogP contribution >= 0.6 is 0 Å². The molecule has 0 radical (unpaired) electrons. The van der Waals surface area contributed by atoms with Crippen molar-refractivity contribution in [1.29, 1.82) is 0 Å². The lowest BCUT2D eigenvalue weighted by Crippen LogP contribution is -2.39. The summed E-state index contributed by atoms with van der Waals surface area (Å²) >= 11 is 0. The Bertz CT molecular complexity index is 763. The van der Waals surface area contributed by atoms with Gasteiger partial charge in [-0.15, -0.1) is 0 Å². The summed E-state index contributed by atoms with van der Waals surface area (Å²) in [6.07, 6.45) is 0. The number of hydrogen-bond acceptors (Lipinski definition) is 4. The number of carbonyl (C=O) groups excluding carboxylic acids is 1. The minimum absolute atomic E-state index is 0.407. The van der Waals surface area contributed by atoms with E-state index in [9.17, 15) is 13.6 Å². The van der Waals surface area contributed by atoms with Crippen LogP contribution in [0.15, 0.2) is 42.5 Å². The third-order valence-electron chi connectivity index (χ3n) is 3.99. The van der Waals surface area contributed by atoms with Gasteiger partial charge in [0.1, 0.15) is 5.75 Å². The van der Waals surface area contributed by atoms with Crippen LogP contribution in [0.4, 0.5) is 8.78 Å². The molecule has 140 valence electrons. The van der Waals surface area contributed by atoms with Crippen molar-refractivity contribution in [2.75, 3.05) is 21.3 Å². The van der Waals surface area contributed by atoms with Crippen molar-refractivity contribution >= 4 is 5.91 Å². The highest BCUT2D eigenvalue weighted by Gasteiger charge is 2.41. The molecular formula is C19H21F2NO4. The second-order valence-corrected chi connectivity index (χ2v) is 5.61. The standard InChI is InChI=1S/C19H21F2NO4/c1-12(13-5-10-16(25-3)17(11-13)26-4)22-18(23)19(20,21)14-6-8-15(24-2)9-7-14/h5-12H,1-4H3,(H,22,23). The van der Waals surface area contributed by atoms with Crippen molar-refractivity contribution in [2.45, 2.75) is 18.9 Å². The summed E-state index contributed by atoms with van der Waals surface area (Å²) in [6.45, 7) is 1.61. The second kappa shape index (κ2) is 8.03. The zero-order valence-corrected chi connectivity index (χ0v) is 15.0. The Balaban J connectivity index is 2.16. The van der Waals surface area contributed by atoms with Gasteiger partial charge < -0.3 is 19.5 Å². The normalized spacial score (nSPS) is 12.2. The second-order valence-electron chi connectivity index (χ2n) is 5.61. The molecule has 0 aliphatic heterocycles. The molecule has 5 nitrogen and oxygen atoms in total. The van der Waals surface area contributed by atoms with Crippen LogP contribution in [0.2, 0.25) is 0 Å². The third kappa shape index (κ3) is 4.04. The lowest BCUT2D eigenvalue weighted by molar-refractivity contribution is -0.147. The quantitative estimate of drug-likeness (QED) is 0.813. The molecule has 0 bridgehead atoms. The summed E-state index contributed by atoms with van der Waals surface area (Å²) in [6, 6.07) is 9.42. The molecule has 1 unspecified atom stereocenters. The Kier molecular flexibility index (Phi) is 6.02. The summed E-state index contributed by atoms with van der Waals surface area (Å²) in [5, 5.41) is 2.34. The molecule has 1 atom stereocenters. The fourth-order valence-electron chi connectivity index (χ4n) is 2.42. The van der Waals surface area contributed by atoms with Crippen LogP contribution in [-0.2, 0) is 10.7 Å². The zero-order chi connectivity index (χ0) is 19.3. The molecule has 2 rings (SSSR count). The van der Waals surface area contributed by atoms with E-state index >= 15 is 0 Å². The summed E-state index contributed by atoms with van der Waals surface area (Å²) in [5.74, 6) is -3.66. The molecule has 0 aromatic heterocycles. The van der Waals surface area contributed by atoms with Gasteiger partial charge in [0.15, 0.2) is 11.5 Å².